The first-order valence-electron chi connectivity index (χ1n) is 5.73. The lowest BCUT2D eigenvalue weighted by Crippen LogP contribution is -1.95. The molecule has 0 aromatic heterocycles. The van der Waals surface area contributed by atoms with Crippen LogP contribution in [0.3, 0.4) is 0 Å². The maximum absolute atomic E-state index is 12.0. The lowest BCUT2D eigenvalue weighted by atomic mass is 10.3. The molecule has 1 rings (SSSR count). The van der Waals surface area contributed by atoms with Crippen molar-refractivity contribution in [3.8, 4) is 5.75 Å². The van der Waals surface area contributed by atoms with Gasteiger partial charge in [-0.2, -0.15) is 0 Å². The van der Waals surface area contributed by atoms with Crippen LogP contribution in [0, 0.1) is 0 Å². The van der Waals surface area contributed by atoms with E-state index in [1.165, 1.54) is 6.42 Å². The normalized spacial score (nSPS) is 12.8. The summed E-state index contributed by atoms with van der Waals surface area (Å²) in [5, 5.41) is 2.01. The highest BCUT2D eigenvalue weighted by Gasteiger charge is 2.02. The Kier molecular flexibility index (Phi) is 8.29. The third-order valence-electron chi connectivity index (χ3n) is 2.06. The van der Waals surface area contributed by atoms with Gasteiger partial charge in [0.25, 0.3) is 0 Å². The molecule has 2 nitrogen and oxygen atoms in total. The molecule has 0 radical (unpaired) electrons. The van der Waals surface area contributed by atoms with Crippen molar-refractivity contribution >= 4 is 32.4 Å². The van der Waals surface area contributed by atoms with Crippen molar-refractivity contribution in [3.63, 3.8) is 0 Å². The van der Waals surface area contributed by atoms with E-state index in [1.54, 1.807) is 17.9 Å². The van der Waals surface area contributed by atoms with Crippen molar-refractivity contribution in [1.29, 1.82) is 0 Å². The van der Waals surface area contributed by atoms with Gasteiger partial charge in [-0.1, -0.05) is 40.7 Å². The molecule has 0 aliphatic rings. The van der Waals surface area contributed by atoms with Gasteiger partial charge in [0.05, 0.1) is 17.9 Å². The molecule has 18 heavy (non-hydrogen) atoms. The maximum Gasteiger partial charge on any atom is 0.120 e. The highest BCUT2D eigenvalue weighted by Crippen LogP contribution is 2.23. The predicted molar refractivity (Wildman–Crippen MR) is 83.7 cm³/mol. The van der Waals surface area contributed by atoms with Gasteiger partial charge in [0.2, 0.25) is 0 Å². The average molecular weight is 302 g/mol. The smallest absolute Gasteiger partial charge is 0.120 e. The summed E-state index contributed by atoms with van der Waals surface area (Å²) in [5.41, 5.74) is 0. The highest BCUT2D eigenvalue weighted by molar-refractivity contribution is 8.77. The van der Waals surface area contributed by atoms with Crippen LogP contribution in [0.4, 0.5) is 0 Å². The summed E-state index contributed by atoms with van der Waals surface area (Å²) < 4.78 is 17.1. The molecule has 0 saturated heterocycles. The van der Waals surface area contributed by atoms with Crippen LogP contribution in [0.5, 0.6) is 5.75 Å². The van der Waals surface area contributed by atoms with Gasteiger partial charge in [0, 0.05) is 16.4 Å². The minimum Gasteiger partial charge on any atom is -0.497 e. The Hall–Kier alpha value is -0.390. The Balaban J connectivity index is 2.40. The van der Waals surface area contributed by atoms with Crippen molar-refractivity contribution in [3.05, 3.63) is 35.7 Å². The molecule has 0 fully saturated rings. The van der Waals surface area contributed by atoms with E-state index in [-0.39, 0.29) is 0 Å². The van der Waals surface area contributed by atoms with Crippen LogP contribution in [0.2, 0.25) is 0 Å². The standard InChI is InChI=1S/C13H18O2S3/c1-3-8-16-17-9-5-10-18(14)13-7-4-6-12(11-13)15-2/h4-7,9,11H,3,8,10H2,1-2H3/b9-5+. The molecule has 5 heteroatoms. The average Bonchev–Trinajstić information content (AvgIpc) is 2.42. The van der Waals surface area contributed by atoms with Crippen LogP contribution in [0.1, 0.15) is 13.3 Å². The summed E-state index contributed by atoms with van der Waals surface area (Å²) in [6.45, 7) is 2.16. The molecule has 100 valence electrons. The summed E-state index contributed by atoms with van der Waals surface area (Å²) in [4.78, 5) is 0.810. The SMILES string of the molecule is CCCSS/C=C/CS(=O)c1cccc(OC)c1. The third-order valence-corrected chi connectivity index (χ3v) is 5.59. The quantitative estimate of drug-likeness (QED) is 0.533. The molecule has 0 N–H and O–H groups in total. The first kappa shape index (κ1) is 15.7. The Morgan fingerprint density at radius 1 is 1.44 bits per heavy atom. The van der Waals surface area contributed by atoms with Crippen molar-refractivity contribution in [1.82, 2.24) is 0 Å². The van der Waals surface area contributed by atoms with Crippen molar-refractivity contribution in [2.75, 3.05) is 18.6 Å². The Morgan fingerprint density at radius 3 is 3.00 bits per heavy atom. The Morgan fingerprint density at radius 2 is 2.28 bits per heavy atom. The second-order valence-corrected chi connectivity index (χ2v) is 7.37. The number of hydrogen-bond donors (Lipinski definition) is 0. The van der Waals surface area contributed by atoms with Crippen LogP contribution >= 0.6 is 21.6 Å². The van der Waals surface area contributed by atoms with E-state index >= 15 is 0 Å². The topological polar surface area (TPSA) is 26.3 Å². The fourth-order valence-electron chi connectivity index (χ4n) is 1.18. The zero-order chi connectivity index (χ0) is 13.2. The Bertz CT molecular complexity index is 405. The summed E-state index contributed by atoms with van der Waals surface area (Å²) in [7, 11) is 4.14. The molecular formula is C13H18O2S3. The molecule has 1 aromatic rings. The monoisotopic (exact) mass is 302 g/mol. The van der Waals surface area contributed by atoms with Crippen LogP contribution in [0.25, 0.3) is 0 Å². The zero-order valence-electron chi connectivity index (χ0n) is 10.6. The summed E-state index contributed by atoms with van der Waals surface area (Å²) >= 11 is 0. The molecule has 1 atom stereocenters. The maximum atomic E-state index is 12.0. The van der Waals surface area contributed by atoms with Gasteiger partial charge >= 0.3 is 0 Å². The number of benzene rings is 1. The highest BCUT2D eigenvalue weighted by atomic mass is 33.1. The molecule has 0 amide bonds. The molecule has 0 aliphatic heterocycles. The van der Waals surface area contributed by atoms with E-state index in [1.807, 2.05) is 46.5 Å². The predicted octanol–water partition coefficient (Wildman–Crippen LogP) is 4.11. The molecule has 0 saturated carbocycles. The van der Waals surface area contributed by atoms with E-state index in [9.17, 15) is 4.21 Å². The minimum absolute atomic E-state index is 0.548. The second-order valence-electron chi connectivity index (χ2n) is 3.48. The Labute approximate surface area is 119 Å². The summed E-state index contributed by atoms with van der Waals surface area (Å²) in [5.74, 6) is 2.44. The minimum atomic E-state index is -0.992. The third kappa shape index (κ3) is 5.98. The fourth-order valence-corrected chi connectivity index (χ4v) is 4.02. The first-order valence-corrected chi connectivity index (χ1v) is 9.43. The largest absolute Gasteiger partial charge is 0.497 e. The van der Waals surface area contributed by atoms with Gasteiger partial charge in [-0.15, -0.1) is 0 Å². The van der Waals surface area contributed by atoms with E-state index in [0.717, 1.165) is 16.4 Å². The summed E-state index contributed by atoms with van der Waals surface area (Å²) in [6.07, 6.45) is 3.14. The molecule has 0 spiro atoms. The van der Waals surface area contributed by atoms with Gasteiger partial charge in [0.15, 0.2) is 0 Å². The van der Waals surface area contributed by atoms with Crippen molar-refractivity contribution in [2.45, 2.75) is 18.2 Å². The fraction of sp³-hybridized carbons (Fsp3) is 0.385. The molecule has 1 aromatic carbocycles. The van der Waals surface area contributed by atoms with Gasteiger partial charge in [0.1, 0.15) is 5.75 Å². The van der Waals surface area contributed by atoms with Crippen LogP contribution in [-0.4, -0.2) is 22.8 Å². The molecule has 0 heterocycles. The van der Waals surface area contributed by atoms with E-state index in [4.69, 9.17) is 4.74 Å². The number of hydrogen-bond acceptors (Lipinski definition) is 4. The molecule has 0 aliphatic carbocycles. The van der Waals surface area contributed by atoms with Crippen molar-refractivity contribution in [2.24, 2.45) is 0 Å². The number of methoxy groups -OCH3 is 1. The summed E-state index contributed by atoms with van der Waals surface area (Å²) in [6, 6.07) is 7.41. The number of ether oxygens (including phenoxy) is 1. The molecule has 1 unspecified atom stereocenters. The van der Waals surface area contributed by atoms with Crippen LogP contribution in [0.15, 0.2) is 40.6 Å². The van der Waals surface area contributed by atoms with Crippen LogP contribution < -0.4 is 4.74 Å². The van der Waals surface area contributed by atoms with E-state index < -0.39 is 10.8 Å². The van der Waals surface area contributed by atoms with Gasteiger partial charge in [-0.3, -0.25) is 4.21 Å². The van der Waals surface area contributed by atoms with Gasteiger partial charge in [-0.05, 0) is 30.0 Å². The van der Waals surface area contributed by atoms with Crippen molar-refractivity contribution < 1.29 is 8.95 Å². The number of rotatable bonds is 8. The van der Waals surface area contributed by atoms with Crippen LogP contribution in [-0.2, 0) is 10.8 Å². The lowest BCUT2D eigenvalue weighted by Gasteiger charge is -2.02. The van der Waals surface area contributed by atoms with E-state index in [0.29, 0.717) is 5.75 Å². The second kappa shape index (κ2) is 9.53. The lowest BCUT2D eigenvalue weighted by molar-refractivity contribution is 0.413. The molecular weight excluding hydrogens is 284 g/mol. The van der Waals surface area contributed by atoms with Gasteiger partial charge < -0.3 is 4.74 Å². The molecule has 0 bridgehead atoms. The zero-order valence-corrected chi connectivity index (χ0v) is 13.1. The van der Waals surface area contributed by atoms with Gasteiger partial charge in [-0.25, -0.2) is 0 Å². The van der Waals surface area contributed by atoms with E-state index in [2.05, 4.69) is 6.92 Å². The first-order chi connectivity index (χ1) is 8.77.